The summed E-state index contributed by atoms with van der Waals surface area (Å²) in [6.07, 6.45) is 3.09. The number of hydrogen-bond acceptors (Lipinski definition) is 3. The second-order valence-corrected chi connectivity index (χ2v) is 5.15. The molecule has 1 aliphatic rings. The van der Waals surface area contributed by atoms with Crippen LogP contribution in [-0.4, -0.2) is 36.1 Å². The first-order chi connectivity index (χ1) is 8.54. The lowest BCUT2D eigenvalue weighted by Gasteiger charge is -2.27. The SMILES string of the molecule is CCCC(CNC(=O)C1CCNC(C)C1)C(=O)O. The van der Waals surface area contributed by atoms with Gasteiger partial charge >= 0.3 is 5.97 Å². The fourth-order valence-electron chi connectivity index (χ4n) is 2.40. The minimum atomic E-state index is -0.823. The summed E-state index contributed by atoms with van der Waals surface area (Å²) in [7, 11) is 0. The maximum Gasteiger partial charge on any atom is 0.308 e. The van der Waals surface area contributed by atoms with Gasteiger partial charge in [-0.25, -0.2) is 0 Å². The van der Waals surface area contributed by atoms with Gasteiger partial charge in [-0.15, -0.1) is 0 Å². The van der Waals surface area contributed by atoms with E-state index in [1.807, 2.05) is 6.92 Å². The molecule has 0 aromatic rings. The highest BCUT2D eigenvalue weighted by Gasteiger charge is 2.25. The number of carboxylic acids is 1. The summed E-state index contributed by atoms with van der Waals surface area (Å²) in [5.41, 5.74) is 0. The minimum Gasteiger partial charge on any atom is -0.481 e. The normalized spacial score (nSPS) is 25.4. The van der Waals surface area contributed by atoms with Crippen molar-refractivity contribution in [1.29, 1.82) is 0 Å². The summed E-state index contributed by atoms with van der Waals surface area (Å²) in [6.45, 7) is 5.12. The highest BCUT2D eigenvalue weighted by Crippen LogP contribution is 2.16. The van der Waals surface area contributed by atoms with Crippen LogP contribution in [0.2, 0.25) is 0 Å². The Kier molecular flexibility index (Phi) is 6.12. The Balaban J connectivity index is 2.36. The molecule has 1 heterocycles. The van der Waals surface area contributed by atoms with E-state index in [0.29, 0.717) is 12.5 Å². The van der Waals surface area contributed by atoms with E-state index in [0.717, 1.165) is 25.8 Å². The van der Waals surface area contributed by atoms with Crippen molar-refractivity contribution in [2.45, 2.75) is 45.6 Å². The highest BCUT2D eigenvalue weighted by molar-refractivity contribution is 5.79. The topological polar surface area (TPSA) is 78.4 Å². The van der Waals surface area contributed by atoms with Crippen molar-refractivity contribution in [2.24, 2.45) is 11.8 Å². The number of carboxylic acid groups (broad SMARTS) is 1. The summed E-state index contributed by atoms with van der Waals surface area (Å²) in [5.74, 6) is -1.25. The number of rotatable bonds is 6. The van der Waals surface area contributed by atoms with Crippen molar-refractivity contribution in [2.75, 3.05) is 13.1 Å². The predicted octanol–water partition coefficient (Wildman–Crippen LogP) is 0.992. The van der Waals surface area contributed by atoms with Gasteiger partial charge in [0.1, 0.15) is 0 Å². The van der Waals surface area contributed by atoms with Crippen molar-refractivity contribution in [3.8, 4) is 0 Å². The number of carbonyl (C=O) groups excluding carboxylic acids is 1. The van der Waals surface area contributed by atoms with Crippen molar-refractivity contribution in [3.63, 3.8) is 0 Å². The standard InChI is InChI=1S/C13H24N2O3/c1-3-4-11(13(17)18)8-15-12(16)10-5-6-14-9(2)7-10/h9-11,14H,3-8H2,1-2H3,(H,15,16)(H,17,18). The second-order valence-electron chi connectivity index (χ2n) is 5.15. The number of carbonyl (C=O) groups is 2. The zero-order chi connectivity index (χ0) is 13.5. The lowest BCUT2D eigenvalue weighted by Crippen LogP contribution is -2.44. The van der Waals surface area contributed by atoms with E-state index in [-0.39, 0.29) is 18.4 Å². The Morgan fingerprint density at radius 3 is 2.78 bits per heavy atom. The molecule has 0 spiro atoms. The van der Waals surface area contributed by atoms with Crippen LogP contribution in [0.4, 0.5) is 0 Å². The van der Waals surface area contributed by atoms with Crippen LogP contribution >= 0.6 is 0 Å². The first-order valence-corrected chi connectivity index (χ1v) is 6.78. The largest absolute Gasteiger partial charge is 0.481 e. The fourth-order valence-corrected chi connectivity index (χ4v) is 2.40. The smallest absolute Gasteiger partial charge is 0.308 e. The summed E-state index contributed by atoms with van der Waals surface area (Å²) in [4.78, 5) is 22.9. The molecule has 0 aliphatic carbocycles. The maximum atomic E-state index is 11.9. The van der Waals surface area contributed by atoms with E-state index in [2.05, 4.69) is 17.6 Å². The van der Waals surface area contributed by atoms with E-state index in [1.54, 1.807) is 0 Å². The Morgan fingerprint density at radius 2 is 2.22 bits per heavy atom. The fraction of sp³-hybridized carbons (Fsp3) is 0.846. The molecule has 1 amide bonds. The molecule has 1 saturated heterocycles. The molecule has 3 N–H and O–H groups in total. The molecule has 18 heavy (non-hydrogen) atoms. The Hall–Kier alpha value is -1.10. The van der Waals surface area contributed by atoms with Crippen LogP contribution in [0.15, 0.2) is 0 Å². The molecule has 0 radical (unpaired) electrons. The zero-order valence-electron chi connectivity index (χ0n) is 11.2. The average molecular weight is 256 g/mol. The van der Waals surface area contributed by atoms with Gasteiger partial charge in [0.25, 0.3) is 0 Å². The first kappa shape index (κ1) is 15.0. The molecule has 5 nitrogen and oxygen atoms in total. The lowest BCUT2D eigenvalue weighted by molar-refractivity contribution is -0.142. The molecular weight excluding hydrogens is 232 g/mol. The number of piperidine rings is 1. The molecule has 0 bridgehead atoms. The number of aliphatic carboxylic acids is 1. The van der Waals surface area contributed by atoms with Crippen LogP contribution in [0.3, 0.4) is 0 Å². The Morgan fingerprint density at radius 1 is 1.50 bits per heavy atom. The predicted molar refractivity (Wildman–Crippen MR) is 69.2 cm³/mol. The second kappa shape index (κ2) is 7.36. The van der Waals surface area contributed by atoms with Crippen molar-refractivity contribution in [1.82, 2.24) is 10.6 Å². The van der Waals surface area contributed by atoms with Gasteiger partial charge < -0.3 is 15.7 Å². The lowest BCUT2D eigenvalue weighted by atomic mass is 9.92. The Labute approximate surface area is 108 Å². The van der Waals surface area contributed by atoms with Crippen LogP contribution < -0.4 is 10.6 Å². The molecule has 5 heteroatoms. The zero-order valence-corrected chi connectivity index (χ0v) is 11.2. The summed E-state index contributed by atoms with van der Waals surface area (Å²) < 4.78 is 0. The first-order valence-electron chi connectivity index (χ1n) is 6.78. The Bertz CT molecular complexity index is 294. The molecule has 3 unspecified atom stereocenters. The van der Waals surface area contributed by atoms with Gasteiger partial charge in [-0.3, -0.25) is 9.59 Å². The van der Waals surface area contributed by atoms with E-state index in [9.17, 15) is 9.59 Å². The molecule has 3 atom stereocenters. The van der Waals surface area contributed by atoms with Gasteiger partial charge in [0.2, 0.25) is 5.91 Å². The van der Waals surface area contributed by atoms with Crippen LogP contribution in [-0.2, 0) is 9.59 Å². The number of nitrogens with one attached hydrogen (secondary N) is 2. The van der Waals surface area contributed by atoms with Crippen molar-refractivity contribution < 1.29 is 14.7 Å². The quantitative estimate of drug-likeness (QED) is 0.662. The van der Waals surface area contributed by atoms with Gasteiger partial charge in [0.15, 0.2) is 0 Å². The van der Waals surface area contributed by atoms with Crippen molar-refractivity contribution >= 4 is 11.9 Å². The van der Waals surface area contributed by atoms with E-state index < -0.39 is 11.9 Å². The molecule has 0 aromatic carbocycles. The molecule has 0 saturated carbocycles. The van der Waals surface area contributed by atoms with Crippen LogP contribution in [0.25, 0.3) is 0 Å². The maximum absolute atomic E-state index is 11.9. The molecule has 0 aromatic heterocycles. The summed E-state index contributed by atoms with van der Waals surface area (Å²) >= 11 is 0. The molecule has 1 aliphatic heterocycles. The monoisotopic (exact) mass is 256 g/mol. The van der Waals surface area contributed by atoms with E-state index >= 15 is 0 Å². The minimum absolute atomic E-state index is 0.00528. The third kappa shape index (κ3) is 4.64. The molecule has 104 valence electrons. The number of amides is 1. The van der Waals surface area contributed by atoms with Crippen LogP contribution in [0, 0.1) is 11.8 Å². The van der Waals surface area contributed by atoms with Gasteiger partial charge in [-0.2, -0.15) is 0 Å². The molecule has 1 fully saturated rings. The number of hydrogen-bond donors (Lipinski definition) is 3. The van der Waals surface area contributed by atoms with E-state index in [4.69, 9.17) is 5.11 Å². The van der Waals surface area contributed by atoms with Crippen LogP contribution in [0.5, 0.6) is 0 Å². The van der Waals surface area contributed by atoms with Crippen molar-refractivity contribution in [3.05, 3.63) is 0 Å². The molecular formula is C13H24N2O3. The molecule has 1 rings (SSSR count). The third-order valence-corrected chi connectivity index (χ3v) is 3.50. The summed E-state index contributed by atoms with van der Waals surface area (Å²) in [5, 5.41) is 15.1. The van der Waals surface area contributed by atoms with Crippen LogP contribution in [0.1, 0.15) is 39.5 Å². The highest BCUT2D eigenvalue weighted by atomic mass is 16.4. The van der Waals surface area contributed by atoms with Gasteiger partial charge in [-0.05, 0) is 32.7 Å². The summed E-state index contributed by atoms with van der Waals surface area (Å²) in [6, 6.07) is 0.361. The van der Waals surface area contributed by atoms with Gasteiger partial charge in [-0.1, -0.05) is 13.3 Å². The van der Waals surface area contributed by atoms with E-state index in [1.165, 1.54) is 0 Å². The van der Waals surface area contributed by atoms with Gasteiger partial charge in [0.05, 0.1) is 5.92 Å². The van der Waals surface area contributed by atoms with Gasteiger partial charge in [0, 0.05) is 18.5 Å². The average Bonchev–Trinajstić information content (AvgIpc) is 2.33. The third-order valence-electron chi connectivity index (χ3n) is 3.50.